The van der Waals surface area contributed by atoms with Crippen molar-refractivity contribution in [1.82, 2.24) is 15.5 Å². The second kappa shape index (κ2) is 9.85. The Morgan fingerprint density at radius 3 is 2.23 bits per heavy atom. The van der Waals surface area contributed by atoms with Crippen molar-refractivity contribution >= 4 is 17.7 Å². The molecule has 1 aromatic heterocycles. The summed E-state index contributed by atoms with van der Waals surface area (Å²) in [6, 6.07) is 31.6. The zero-order chi connectivity index (χ0) is 20.6. The lowest BCUT2D eigenvalue weighted by Crippen LogP contribution is -2.22. The van der Waals surface area contributed by atoms with E-state index in [2.05, 4.69) is 15.5 Å². The van der Waals surface area contributed by atoms with Gasteiger partial charge < -0.3 is 5.32 Å². The smallest absolute Gasteiger partial charge is 0.251 e. The molecule has 0 saturated carbocycles. The van der Waals surface area contributed by atoms with Crippen LogP contribution in [0, 0.1) is 0 Å². The SMILES string of the molecule is O=C(NCc1ccccc1)c1cccc(CSc2ccc(-c3ccccc3)nn2)c1. The van der Waals surface area contributed by atoms with Crippen LogP contribution < -0.4 is 5.32 Å². The molecular formula is C25H21N3OS. The van der Waals surface area contributed by atoms with Crippen LogP contribution >= 0.6 is 11.8 Å². The largest absolute Gasteiger partial charge is 0.348 e. The van der Waals surface area contributed by atoms with E-state index in [4.69, 9.17) is 0 Å². The normalized spacial score (nSPS) is 10.5. The van der Waals surface area contributed by atoms with Crippen LogP contribution in [0.5, 0.6) is 0 Å². The van der Waals surface area contributed by atoms with Crippen molar-refractivity contribution in [2.45, 2.75) is 17.3 Å². The van der Waals surface area contributed by atoms with Crippen LogP contribution in [0.15, 0.2) is 102 Å². The lowest BCUT2D eigenvalue weighted by atomic mass is 10.1. The monoisotopic (exact) mass is 411 g/mol. The Morgan fingerprint density at radius 2 is 1.50 bits per heavy atom. The number of carbonyl (C=O) groups is 1. The van der Waals surface area contributed by atoms with Gasteiger partial charge in [-0.05, 0) is 35.4 Å². The van der Waals surface area contributed by atoms with Gasteiger partial charge in [-0.1, -0.05) is 84.6 Å². The Hall–Kier alpha value is -3.44. The Balaban J connectivity index is 1.34. The molecule has 4 aromatic rings. The highest BCUT2D eigenvalue weighted by molar-refractivity contribution is 7.98. The molecule has 1 N–H and O–H groups in total. The van der Waals surface area contributed by atoms with E-state index in [1.807, 2.05) is 97.1 Å². The summed E-state index contributed by atoms with van der Waals surface area (Å²) in [5, 5.41) is 12.5. The topological polar surface area (TPSA) is 54.9 Å². The third-order valence-corrected chi connectivity index (χ3v) is 5.57. The molecule has 0 fully saturated rings. The molecule has 4 nitrogen and oxygen atoms in total. The zero-order valence-corrected chi connectivity index (χ0v) is 17.2. The van der Waals surface area contributed by atoms with Crippen LogP contribution in [0.1, 0.15) is 21.5 Å². The van der Waals surface area contributed by atoms with Crippen LogP contribution in [-0.4, -0.2) is 16.1 Å². The van der Waals surface area contributed by atoms with Gasteiger partial charge in [-0.25, -0.2) is 0 Å². The number of aromatic nitrogens is 2. The maximum absolute atomic E-state index is 12.5. The third-order valence-electron chi connectivity index (χ3n) is 4.58. The third kappa shape index (κ3) is 5.33. The van der Waals surface area contributed by atoms with E-state index in [1.165, 1.54) is 0 Å². The van der Waals surface area contributed by atoms with Crippen molar-refractivity contribution in [1.29, 1.82) is 0 Å². The number of benzene rings is 3. The molecule has 3 aromatic carbocycles. The fraction of sp³-hybridized carbons (Fsp3) is 0.0800. The van der Waals surface area contributed by atoms with Gasteiger partial charge in [-0.3, -0.25) is 4.79 Å². The predicted molar refractivity (Wildman–Crippen MR) is 121 cm³/mol. The van der Waals surface area contributed by atoms with Crippen molar-refractivity contribution in [3.63, 3.8) is 0 Å². The van der Waals surface area contributed by atoms with Gasteiger partial charge in [-0.15, -0.1) is 10.2 Å². The minimum atomic E-state index is -0.0716. The maximum Gasteiger partial charge on any atom is 0.251 e. The molecule has 0 aliphatic rings. The summed E-state index contributed by atoms with van der Waals surface area (Å²) in [5.74, 6) is 0.650. The summed E-state index contributed by atoms with van der Waals surface area (Å²) in [5.41, 5.74) is 4.72. The Morgan fingerprint density at radius 1 is 0.767 bits per heavy atom. The molecular weight excluding hydrogens is 390 g/mol. The highest BCUT2D eigenvalue weighted by atomic mass is 32.2. The van der Waals surface area contributed by atoms with Gasteiger partial charge in [0.15, 0.2) is 0 Å². The number of hydrogen-bond acceptors (Lipinski definition) is 4. The first-order valence-corrected chi connectivity index (χ1v) is 10.7. The summed E-state index contributed by atoms with van der Waals surface area (Å²) < 4.78 is 0. The molecule has 0 atom stereocenters. The number of carbonyl (C=O) groups excluding carboxylic acids is 1. The molecule has 4 rings (SSSR count). The van der Waals surface area contributed by atoms with Crippen LogP contribution in [0.3, 0.4) is 0 Å². The van der Waals surface area contributed by atoms with Crippen molar-refractivity contribution in [2.75, 3.05) is 0 Å². The second-order valence-electron chi connectivity index (χ2n) is 6.78. The Kier molecular flexibility index (Phi) is 6.52. The van der Waals surface area contributed by atoms with Crippen LogP contribution in [-0.2, 0) is 12.3 Å². The van der Waals surface area contributed by atoms with Gasteiger partial charge >= 0.3 is 0 Å². The van der Waals surface area contributed by atoms with Crippen LogP contribution in [0.4, 0.5) is 0 Å². The van der Waals surface area contributed by atoms with Gasteiger partial charge in [0.05, 0.1) is 5.69 Å². The van der Waals surface area contributed by atoms with Crippen molar-refractivity contribution in [3.05, 3.63) is 114 Å². The summed E-state index contributed by atoms with van der Waals surface area (Å²) in [4.78, 5) is 12.5. The molecule has 0 aliphatic carbocycles. The summed E-state index contributed by atoms with van der Waals surface area (Å²) in [6.45, 7) is 0.516. The number of nitrogens with zero attached hydrogens (tertiary/aromatic N) is 2. The number of nitrogens with one attached hydrogen (secondary N) is 1. The molecule has 0 unspecified atom stereocenters. The van der Waals surface area contributed by atoms with E-state index in [0.717, 1.165) is 33.2 Å². The highest BCUT2D eigenvalue weighted by Gasteiger charge is 2.07. The van der Waals surface area contributed by atoms with E-state index in [-0.39, 0.29) is 5.91 Å². The van der Waals surface area contributed by atoms with E-state index in [9.17, 15) is 4.79 Å². The standard InChI is InChI=1S/C25H21N3OS/c29-25(26-17-19-8-3-1-4-9-19)22-13-7-10-20(16-22)18-30-24-15-14-23(27-28-24)21-11-5-2-6-12-21/h1-16H,17-18H2,(H,26,29). The van der Waals surface area contributed by atoms with E-state index in [0.29, 0.717) is 12.1 Å². The molecule has 1 amide bonds. The first-order chi connectivity index (χ1) is 14.8. The summed E-state index contributed by atoms with van der Waals surface area (Å²) >= 11 is 1.60. The molecule has 0 saturated heterocycles. The lowest BCUT2D eigenvalue weighted by molar-refractivity contribution is 0.0951. The minimum absolute atomic E-state index is 0.0716. The first kappa shape index (κ1) is 19.9. The van der Waals surface area contributed by atoms with Gasteiger partial charge in [0, 0.05) is 23.4 Å². The number of amides is 1. The molecule has 30 heavy (non-hydrogen) atoms. The number of hydrogen-bond donors (Lipinski definition) is 1. The van der Waals surface area contributed by atoms with E-state index < -0.39 is 0 Å². The molecule has 148 valence electrons. The predicted octanol–water partition coefficient (Wildman–Crippen LogP) is 5.37. The fourth-order valence-electron chi connectivity index (χ4n) is 3.00. The molecule has 1 heterocycles. The average molecular weight is 412 g/mol. The minimum Gasteiger partial charge on any atom is -0.348 e. The lowest BCUT2D eigenvalue weighted by Gasteiger charge is -2.07. The van der Waals surface area contributed by atoms with Crippen LogP contribution in [0.25, 0.3) is 11.3 Å². The average Bonchev–Trinajstić information content (AvgIpc) is 2.83. The van der Waals surface area contributed by atoms with Crippen molar-refractivity contribution in [3.8, 4) is 11.3 Å². The molecule has 0 bridgehead atoms. The molecule has 0 radical (unpaired) electrons. The Labute approximate surface area is 180 Å². The van der Waals surface area contributed by atoms with Crippen molar-refractivity contribution < 1.29 is 4.79 Å². The first-order valence-electron chi connectivity index (χ1n) is 9.71. The van der Waals surface area contributed by atoms with Crippen molar-refractivity contribution in [2.24, 2.45) is 0 Å². The molecule has 5 heteroatoms. The van der Waals surface area contributed by atoms with Gasteiger partial charge in [0.25, 0.3) is 5.91 Å². The zero-order valence-electron chi connectivity index (χ0n) is 16.4. The van der Waals surface area contributed by atoms with E-state index >= 15 is 0 Å². The van der Waals surface area contributed by atoms with Gasteiger partial charge in [0.2, 0.25) is 0 Å². The van der Waals surface area contributed by atoms with Gasteiger partial charge in [0.1, 0.15) is 5.03 Å². The summed E-state index contributed by atoms with van der Waals surface area (Å²) in [7, 11) is 0. The molecule has 0 spiro atoms. The van der Waals surface area contributed by atoms with Crippen LogP contribution in [0.2, 0.25) is 0 Å². The number of rotatable bonds is 7. The maximum atomic E-state index is 12.5. The molecule has 0 aliphatic heterocycles. The van der Waals surface area contributed by atoms with E-state index in [1.54, 1.807) is 11.8 Å². The quantitative estimate of drug-likeness (QED) is 0.416. The van der Waals surface area contributed by atoms with Gasteiger partial charge in [-0.2, -0.15) is 0 Å². The Bertz CT molecular complexity index is 1100. The number of thioether (sulfide) groups is 1. The summed E-state index contributed by atoms with van der Waals surface area (Å²) in [6.07, 6.45) is 0. The highest BCUT2D eigenvalue weighted by Crippen LogP contribution is 2.23. The fourth-order valence-corrected chi connectivity index (χ4v) is 3.76. The second-order valence-corrected chi connectivity index (χ2v) is 7.78.